The molecule has 0 N–H and O–H groups in total. The second kappa shape index (κ2) is 7.78. The van der Waals surface area contributed by atoms with Crippen LogP contribution in [0.15, 0.2) is 84.9 Å². The molecule has 0 atom stereocenters. The molecule has 0 amide bonds. The molecule has 0 bridgehead atoms. The third-order valence-electron chi connectivity index (χ3n) is 5.60. The van der Waals surface area contributed by atoms with E-state index >= 15 is 0 Å². The third-order valence-corrected chi connectivity index (χ3v) is 15.2. The Labute approximate surface area is 188 Å². The van der Waals surface area contributed by atoms with Gasteiger partial charge in [-0.3, -0.25) is 0 Å². The first kappa shape index (κ1) is 19.2. The summed E-state index contributed by atoms with van der Waals surface area (Å²) in [6, 6.07) is 31.3. The van der Waals surface area contributed by atoms with E-state index in [1.54, 1.807) is 0 Å². The van der Waals surface area contributed by atoms with Crippen molar-refractivity contribution in [3.63, 3.8) is 0 Å². The molecule has 0 aromatic heterocycles. The molecule has 0 nitrogen and oxygen atoms in total. The molecule has 1 aliphatic carbocycles. The molecule has 1 aliphatic rings. The Morgan fingerprint density at radius 2 is 1.21 bits per heavy atom. The van der Waals surface area contributed by atoms with Gasteiger partial charge in [0.1, 0.15) is 0 Å². The van der Waals surface area contributed by atoms with Gasteiger partial charge in [0.2, 0.25) is 0 Å². The topological polar surface area (TPSA) is 0 Å². The van der Waals surface area contributed by atoms with Crippen molar-refractivity contribution in [1.29, 1.82) is 0 Å². The van der Waals surface area contributed by atoms with Crippen molar-refractivity contribution in [2.75, 3.05) is 0 Å². The molecule has 5 rings (SSSR count). The van der Waals surface area contributed by atoms with Crippen LogP contribution in [-0.4, -0.2) is 35.4 Å². The Morgan fingerprint density at radius 1 is 0.679 bits per heavy atom. The zero-order chi connectivity index (χ0) is 19.1. The molecule has 0 unspecified atom stereocenters. The average molecular weight is 579 g/mol. The Kier molecular flexibility index (Phi) is 5.32. The van der Waals surface area contributed by atoms with Crippen molar-refractivity contribution in [2.45, 2.75) is 12.8 Å². The molecular formula is C24H18ClPSeTe. The SMILES string of the molecule is Cl[Te]c1ccc2c3c(ccc([P+]([Se-])(c4ccccc4)c4ccccc4)c13)CC2. The Balaban J connectivity index is 1.91. The predicted molar refractivity (Wildman–Crippen MR) is 127 cm³/mol. The van der Waals surface area contributed by atoms with Gasteiger partial charge in [0.25, 0.3) is 0 Å². The molecular weight excluding hydrogens is 561 g/mol. The molecule has 0 aliphatic heterocycles. The van der Waals surface area contributed by atoms with E-state index in [-0.39, 0.29) is 0 Å². The minimum absolute atomic E-state index is 0.712. The zero-order valence-corrected chi connectivity index (χ0v) is 20.8. The summed E-state index contributed by atoms with van der Waals surface area (Å²) in [5.74, 6) is -1.89. The molecule has 138 valence electrons. The molecule has 28 heavy (non-hydrogen) atoms. The number of rotatable bonds is 4. The molecule has 0 saturated carbocycles. The van der Waals surface area contributed by atoms with Crippen LogP contribution in [0.2, 0.25) is 0 Å². The van der Waals surface area contributed by atoms with Crippen molar-refractivity contribution in [1.82, 2.24) is 0 Å². The molecule has 4 heteroatoms. The summed E-state index contributed by atoms with van der Waals surface area (Å²) in [5, 5.41) is 7.10. The quantitative estimate of drug-likeness (QED) is 0.255. The fourth-order valence-electron chi connectivity index (χ4n) is 4.31. The maximum atomic E-state index is 6.58. The van der Waals surface area contributed by atoms with Crippen molar-refractivity contribution in [3.8, 4) is 0 Å². The van der Waals surface area contributed by atoms with E-state index in [1.165, 1.54) is 41.4 Å². The Hall–Kier alpha value is -0.831. The van der Waals surface area contributed by atoms with Gasteiger partial charge in [0.05, 0.1) is 0 Å². The minimum atomic E-state index is -1.89. The molecule has 0 spiro atoms. The molecule has 0 saturated heterocycles. The van der Waals surface area contributed by atoms with Crippen LogP contribution in [0, 0.1) is 0 Å². The van der Waals surface area contributed by atoms with Gasteiger partial charge in [-0.25, -0.2) is 0 Å². The fraction of sp³-hybridized carbons (Fsp3) is 0.0833. The summed E-state index contributed by atoms with van der Waals surface area (Å²) in [7, 11) is 6.58. The van der Waals surface area contributed by atoms with Gasteiger partial charge < -0.3 is 0 Å². The molecule has 0 heterocycles. The second-order valence-corrected chi connectivity index (χ2v) is 16.0. The van der Waals surface area contributed by atoms with Crippen LogP contribution >= 0.6 is 14.9 Å². The standard InChI is InChI=1S/C24H18ClPSeTe/c25-28-22-16-14-18-12-11-17-13-15-21(24(22)23(17)18)26(27,19-7-3-1-4-8-19)20-9-5-2-6-10-20/h1-10,13-16H,11-12H2. The van der Waals surface area contributed by atoms with E-state index in [1.807, 2.05) is 0 Å². The Morgan fingerprint density at radius 3 is 1.75 bits per heavy atom. The van der Waals surface area contributed by atoms with Crippen LogP contribution < -0.4 is 19.5 Å². The second-order valence-electron chi connectivity index (χ2n) is 7.07. The predicted octanol–water partition coefficient (Wildman–Crippen LogP) is 3.80. The van der Waals surface area contributed by atoms with Crippen LogP contribution in [-0.2, 0) is 12.8 Å². The van der Waals surface area contributed by atoms with Crippen LogP contribution in [0.3, 0.4) is 0 Å². The molecule has 4 aromatic carbocycles. The molecule has 0 fully saturated rings. The van der Waals surface area contributed by atoms with E-state index in [9.17, 15) is 0 Å². The zero-order valence-electron chi connectivity index (χ0n) is 15.1. The van der Waals surface area contributed by atoms with E-state index in [4.69, 9.17) is 8.96 Å². The van der Waals surface area contributed by atoms with E-state index < -0.39 is 25.8 Å². The van der Waals surface area contributed by atoms with Gasteiger partial charge in [-0.1, -0.05) is 0 Å². The summed E-state index contributed by atoms with van der Waals surface area (Å²) in [6.07, 6.45) is 2.29. The van der Waals surface area contributed by atoms with Gasteiger partial charge in [-0.15, -0.1) is 0 Å². The average Bonchev–Trinajstić information content (AvgIpc) is 3.19. The van der Waals surface area contributed by atoms with Crippen molar-refractivity contribution in [3.05, 3.63) is 96.1 Å². The van der Waals surface area contributed by atoms with Crippen molar-refractivity contribution < 1.29 is 0 Å². The van der Waals surface area contributed by atoms with Gasteiger partial charge in [-0.2, -0.15) is 0 Å². The van der Waals surface area contributed by atoms with E-state index in [0.29, 0.717) is 0 Å². The van der Waals surface area contributed by atoms with Crippen LogP contribution in [0.25, 0.3) is 10.8 Å². The summed E-state index contributed by atoms with van der Waals surface area (Å²) < 4.78 is 1.37. The summed E-state index contributed by atoms with van der Waals surface area (Å²) >= 11 is 3.01. The first-order valence-corrected chi connectivity index (χ1v) is 17.4. The normalized spacial score (nSPS) is 13.2. The molecule has 4 aromatic rings. The fourth-order valence-corrected chi connectivity index (χ4v) is 11.9. The third kappa shape index (κ3) is 2.99. The van der Waals surface area contributed by atoms with Gasteiger partial charge >= 0.3 is 189 Å². The van der Waals surface area contributed by atoms with Crippen LogP contribution in [0.4, 0.5) is 0 Å². The summed E-state index contributed by atoms with van der Waals surface area (Å²) in [6.45, 7) is 0. The first-order valence-electron chi connectivity index (χ1n) is 9.31. The van der Waals surface area contributed by atoms with Crippen LogP contribution in [0.1, 0.15) is 11.1 Å². The van der Waals surface area contributed by atoms with Gasteiger partial charge in [0.15, 0.2) is 0 Å². The first-order chi connectivity index (χ1) is 13.7. The maximum absolute atomic E-state index is 6.58. The van der Waals surface area contributed by atoms with Crippen molar-refractivity contribution in [2.24, 2.45) is 0 Å². The summed E-state index contributed by atoms with van der Waals surface area (Å²) in [5.41, 5.74) is 2.97. The number of hydrogen-bond donors (Lipinski definition) is 0. The summed E-state index contributed by atoms with van der Waals surface area (Å²) in [4.78, 5) is 0. The number of benzene rings is 4. The van der Waals surface area contributed by atoms with Crippen LogP contribution in [0.5, 0.6) is 0 Å². The molecule has 0 radical (unpaired) electrons. The van der Waals surface area contributed by atoms with E-state index in [2.05, 4.69) is 100 Å². The number of aryl methyl sites for hydroxylation is 2. The van der Waals surface area contributed by atoms with Gasteiger partial charge in [0, 0.05) is 0 Å². The number of halogens is 1. The monoisotopic (exact) mass is 582 g/mol. The van der Waals surface area contributed by atoms with Gasteiger partial charge in [-0.05, 0) is 0 Å². The Bertz CT molecular complexity index is 1110. The van der Waals surface area contributed by atoms with E-state index in [0.717, 1.165) is 12.8 Å². The number of hydrogen-bond acceptors (Lipinski definition) is 0. The van der Waals surface area contributed by atoms with Crippen molar-refractivity contribution >= 4 is 80.6 Å².